The highest BCUT2D eigenvalue weighted by molar-refractivity contribution is 5.43. The van der Waals surface area contributed by atoms with Gasteiger partial charge in [-0.15, -0.1) is 0 Å². The van der Waals surface area contributed by atoms with Crippen LogP contribution in [-0.4, -0.2) is 13.2 Å². The number of alkyl halides is 4. The molecule has 1 aromatic carbocycles. The third-order valence-corrected chi connectivity index (χ3v) is 2.07. The van der Waals surface area contributed by atoms with Crippen LogP contribution in [0.5, 0.6) is 5.75 Å². The Hall–Kier alpha value is -1.30. The van der Waals surface area contributed by atoms with Crippen LogP contribution in [0.1, 0.15) is 11.1 Å². The number of rotatable bonds is 4. The van der Waals surface area contributed by atoms with E-state index >= 15 is 0 Å². The van der Waals surface area contributed by atoms with E-state index in [2.05, 4.69) is 4.74 Å². The van der Waals surface area contributed by atoms with Crippen LogP contribution in [0.4, 0.5) is 17.6 Å². The molecule has 0 fully saturated rings. The van der Waals surface area contributed by atoms with Crippen LogP contribution in [0.25, 0.3) is 0 Å². The number of para-hydroxylation sites is 1. The zero-order valence-electron chi connectivity index (χ0n) is 8.51. The average molecular weight is 237 g/mol. The quantitative estimate of drug-likeness (QED) is 0.817. The summed E-state index contributed by atoms with van der Waals surface area (Å²) in [7, 11) is 0. The van der Waals surface area contributed by atoms with Crippen molar-refractivity contribution in [3.8, 4) is 5.75 Å². The number of ether oxygens (including phenoxy) is 1. The van der Waals surface area contributed by atoms with Crippen molar-refractivity contribution in [1.29, 1.82) is 0 Å². The lowest BCUT2D eigenvalue weighted by atomic mass is 10.0. The highest BCUT2D eigenvalue weighted by atomic mass is 19.3. The van der Waals surface area contributed by atoms with E-state index in [1.165, 1.54) is 19.1 Å². The van der Waals surface area contributed by atoms with Crippen LogP contribution < -0.4 is 10.5 Å². The Bertz CT molecular complexity index is 368. The van der Waals surface area contributed by atoms with E-state index in [1.807, 2.05) is 0 Å². The third kappa shape index (κ3) is 2.63. The number of hydrogen-bond acceptors (Lipinski definition) is 2. The van der Waals surface area contributed by atoms with Crippen LogP contribution in [0.3, 0.4) is 0 Å². The molecule has 0 unspecified atom stereocenters. The van der Waals surface area contributed by atoms with E-state index in [-0.39, 0.29) is 5.56 Å². The van der Waals surface area contributed by atoms with Crippen LogP contribution in [-0.2, 0) is 5.92 Å². The summed E-state index contributed by atoms with van der Waals surface area (Å²) >= 11 is 0. The highest BCUT2D eigenvalue weighted by Gasteiger charge is 2.34. The zero-order valence-corrected chi connectivity index (χ0v) is 8.51. The topological polar surface area (TPSA) is 35.2 Å². The Morgan fingerprint density at radius 3 is 2.50 bits per heavy atom. The summed E-state index contributed by atoms with van der Waals surface area (Å²) in [6.07, 6.45) is 0. The fourth-order valence-corrected chi connectivity index (χ4v) is 1.30. The Kier molecular flexibility index (Phi) is 3.74. The first kappa shape index (κ1) is 12.8. The molecule has 0 heterocycles. The summed E-state index contributed by atoms with van der Waals surface area (Å²) in [4.78, 5) is 0. The van der Waals surface area contributed by atoms with Gasteiger partial charge < -0.3 is 10.5 Å². The monoisotopic (exact) mass is 237 g/mol. The van der Waals surface area contributed by atoms with Crippen molar-refractivity contribution in [2.24, 2.45) is 5.73 Å². The molecule has 0 atom stereocenters. The molecule has 16 heavy (non-hydrogen) atoms. The summed E-state index contributed by atoms with van der Waals surface area (Å²) in [6, 6.07) is 3.78. The van der Waals surface area contributed by atoms with E-state index in [0.29, 0.717) is 0 Å². The minimum atomic E-state index is -3.38. The predicted molar refractivity (Wildman–Crippen MR) is 50.8 cm³/mol. The maximum Gasteiger partial charge on any atom is 0.387 e. The second-order valence-corrected chi connectivity index (χ2v) is 3.24. The molecule has 2 nitrogen and oxygen atoms in total. The SMILES string of the molecule is Cc1cccc(C(F)(F)CN)c1OC(F)F. The van der Waals surface area contributed by atoms with Crippen LogP contribution in [0.15, 0.2) is 18.2 Å². The van der Waals surface area contributed by atoms with Crippen molar-refractivity contribution in [1.82, 2.24) is 0 Å². The van der Waals surface area contributed by atoms with Crippen molar-refractivity contribution in [2.45, 2.75) is 19.5 Å². The van der Waals surface area contributed by atoms with Gasteiger partial charge in [0.05, 0.1) is 12.1 Å². The first-order valence-electron chi connectivity index (χ1n) is 4.51. The Morgan fingerprint density at radius 2 is 2.00 bits per heavy atom. The smallest absolute Gasteiger partial charge is 0.387 e. The number of hydrogen-bond donors (Lipinski definition) is 1. The average Bonchev–Trinajstić information content (AvgIpc) is 2.20. The first-order valence-corrected chi connectivity index (χ1v) is 4.51. The second-order valence-electron chi connectivity index (χ2n) is 3.24. The number of halogens is 4. The molecule has 0 radical (unpaired) electrons. The van der Waals surface area contributed by atoms with E-state index in [1.54, 1.807) is 0 Å². The van der Waals surface area contributed by atoms with Gasteiger partial charge in [-0.25, -0.2) is 0 Å². The molecule has 90 valence electrons. The fraction of sp³-hybridized carbons (Fsp3) is 0.400. The van der Waals surface area contributed by atoms with Gasteiger partial charge in [0.1, 0.15) is 5.75 Å². The Morgan fingerprint density at radius 1 is 1.38 bits per heavy atom. The van der Waals surface area contributed by atoms with Crippen molar-refractivity contribution >= 4 is 0 Å². The minimum Gasteiger partial charge on any atom is -0.434 e. The van der Waals surface area contributed by atoms with Gasteiger partial charge in [-0.3, -0.25) is 0 Å². The van der Waals surface area contributed by atoms with Gasteiger partial charge in [-0.2, -0.15) is 17.6 Å². The lowest BCUT2D eigenvalue weighted by molar-refractivity contribution is -0.0576. The molecule has 0 saturated heterocycles. The molecule has 0 amide bonds. The molecule has 0 aliphatic rings. The normalized spacial score (nSPS) is 11.9. The molecule has 0 aliphatic carbocycles. The van der Waals surface area contributed by atoms with Crippen molar-refractivity contribution in [2.75, 3.05) is 6.54 Å². The van der Waals surface area contributed by atoms with Crippen LogP contribution in [0, 0.1) is 6.92 Å². The second kappa shape index (κ2) is 4.69. The number of benzene rings is 1. The summed E-state index contributed by atoms with van der Waals surface area (Å²) in [6.45, 7) is -2.70. The molecule has 1 rings (SSSR count). The van der Waals surface area contributed by atoms with Crippen LogP contribution >= 0.6 is 0 Å². The van der Waals surface area contributed by atoms with Crippen molar-refractivity contribution in [3.05, 3.63) is 29.3 Å². The maximum absolute atomic E-state index is 13.3. The standard InChI is InChI=1S/C10H11F4NO/c1-6-3-2-4-7(10(13,14)5-15)8(6)16-9(11)12/h2-4,9H,5,15H2,1H3. The van der Waals surface area contributed by atoms with E-state index in [9.17, 15) is 17.6 Å². The van der Waals surface area contributed by atoms with Crippen LogP contribution in [0.2, 0.25) is 0 Å². The van der Waals surface area contributed by atoms with Gasteiger partial charge in [0, 0.05) is 0 Å². The highest BCUT2D eigenvalue weighted by Crippen LogP contribution is 2.36. The molecule has 0 saturated carbocycles. The minimum absolute atomic E-state index is 0.214. The van der Waals surface area contributed by atoms with Crippen molar-refractivity contribution in [3.63, 3.8) is 0 Å². The molecule has 1 aromatic rings. The molecular formula is C10H11F4NO. The third-order valence-electron chi connectivity index (χ3n) is 2.07. The fourth-order valence-electron chi connectivity index (χ4n) is 1.30. The van der Waals surface area contributed by atoms with E-state index < -0.39 is 30.4 Å². The molecule has 0 aliphatic heterocycles. The largest absolute Gasteiger partial charge is 0.434 e. The molecule has 0 aromatic heterocycles. The lowest BCUT2D eigenvalue weighted by Crippen LogP contribution is -2.26. The van der Waals surface area contributed by atoms with Gasteiger partial charge in [-0.1, -0.05) is 12.1 Å². The summed E-state index contributed by atoms with van der Waals surface area (Å²) < 4.78 is 54.9. The number of nitrogens with two attached hydrogens (primary N) is 1. The Balaban J connectivity index is 3.22. The predicted octanol–water partition coefficient (Wildman–Crippen LogP) is 2.65. The molecule has 6 heteroatoms. The zero-order chi connectivity index (χ0) is 12.3. The van der Waals surface area contributed by atoms with E-state index in [4.69, 9.17) is 5.73 Å². The van der Waals surface area contributed by atoms with Gasteiger partial charge in [-0.05, 0) is 18.6 Å². The molecule has 2 N–H and O–H groups in total. The van der Waals surface area contributed by atoms with Gasteiger partial charge in [0.2, 0.25) is 0 Å². The molecule has 0 spiro atoms. The lowest BCUT2D eigenvalue weighted by Gasteiger charge is -2.19. The van der Waals surface area contributed by atoms with Crippen molar-refractivity contribution < 1.29 is 22.3 Å². The number of aryl methyl sites for hydroxylation is 1. The first-order chi connectivity index (χ1) is 7.38. The van der Waals surface area contributed by atoms with E-state index in [0.717, 1.165) is 6.07 Å². The molecular weight excluding hydrogens is 226 g/mol. The van der Waals surface area contributed by atoms with Gasteiger partial charge >= 0.3 is 6.61 Å². The van der Waals surface area contributed by atoms with Gasteiger partial charge in [0.15, 0.2) is 0 Å². The van der Waals surface area contributed by atoms with Gasteiger partial charge in [0.25, 0.3) is 5.92 Å². The Labute approximate surface area is 90.0 Å². The summed E-state index contributed by atoms with van der Waals surface area (Å²) in [5, 5.41) is 0. The summed E-state index contributed by atoms with van der Waals surface area (Å²) in [5.74, 6) is -3.89. The maximum atomic E-state index is 13.3. The molecule has 0 bridgehead atoms. The summed E-state index contributed by atoms with van der Waals surface area (Å²) in [5.41, 5.74) is 4.49.